The molecule has 0 aliphatic rings. The summed E-state index contributed by atoms with van der Waals surface area (Å²) >= 11 is 0. The molecule has 1 unspecified atom stereocenters. The van der Waals surface area contributed by atoms with E-state index in [1.165, 1.54) is 21.8 Å². The lowest BCUT2D eigenvalue weighted by Gasteiger charge is -2.11. The summed E-state index contributed by atoms with van der Waals surface area (Å²) < 4.78 is 2.26. The molecule has 5 heteroatoms. The van der Waals surface area contributed by atoms with E-state index in [0.717, 1.165) is 16.8 Å². The maximum Gasteiger partial charge on any atom is 0.310 e. The average molecular weight is 415 g/mol. The number of hydrogen-bond acceptors (Lipinski definition) is 3. The van der Waals surface area contributed by atoms with Gasteiger partial charge in [0.25, 0.3) is 0 Å². The van der Waals surface area contributed by atoms with Crippen molar-refractivity contribution in [1.29, 1.82) is 0 Å². The first kappa shape index (κ1) is 20.7. The first-order valence-electron chi connectivity index (χ1n) is 10.6. The van der Waals surface area contributed by atoms with E-state index in [2.05, 4.69) is 58.3 Å². The number of hydrogen-bond donors (Lipinski definition) is 1. The first-order chi connectivity index (χ1) is 15.1. The number of aliphatic carboxylic acids is 1. The molecule has 0 amide bonds. The Balaban J connectivity index is 1.45. The minimum Gasteiger partial charge on any atom is -0.481 e. The van der Waals surface area contributed by atoms with Crippen LogP contribution >= 0.6 is 0 Å². The molecule has 0 aliphatic carbocycles. The number of fused-ring (bicyclic) bond motifs is 3. The Bertz CT molecular complexity index is 1190. The SMILES string of the molecule is CCC(C(=O)O)c1ccc(/C(C)=N/OCCn2c3ccccc3c3ccccc32)cc1. The molecule has 1 atom stereocenters. The normalized spacial score (nSPS) is 12.9. The lowest BCUT2D eigenvalue weighted by atomic mass is 9.95. The zero-order valence-corrected chi connectivity index (χ0v) is 17.8. The van der Waals surface area contributed by atoms with Crippen LogP contribution < -0.4 is 0 Å². The van der Waals surface area contributed by atoms with Gasteiger partial charge in [-0.25, -0.2) is 0 Å². The molecule has 0 fully saturated rings. The second kappa shape index (κ2) is 9.04. The van der Waals surface area contributed by atoms with Crippen LogP contribution in [0, 0.1) is 0 Å². The predicted molar refractivity (Wildman–Crippen MR) is 125 cm³/mol. The molecule has 0 radical (unpaired) electrons. The Morgan fingerprint density at radius 2 is 1.55 bits per heavy atom. The number of oxime groups is 1. The third kappa shape index (κ3) is 4.17. The van der Waals surface area contributed by atoms with Gasteiger partial charge in [0.15, 0.2) is 0 Å². The number of carboxylic acids is 1. The van der Waals surface area contributed by atoms with E-state index in [0.29, 0.717) is 19.6 Å². The molecule has 4 aromatic rings. The third-order valence-corrected chi connectivity index (χ3v) is 5.72. The lowest BCUT2D eigenvalue weighted by molar-refractivity contribution is -0.138. The molecule has 158 valence electrons. The molecule has 3 aromatic carbocycles. The van der Waals surface area contributed by atoms with Crippen LogP contribution in [0.2, 0.25) is 0 Å². The van der Waals surface area contributed by atoms with Crippen molar-refractivity contribution in [2.75, 3.05) is 6.61 Å². The van der Waals surface area contributed by atoms with Crippen LogP contribution in [0.1, 0.15) is 37.3 Å². The summed E-state index contributed by atoms with van der Waals surface area (Å²) in [7, 11) is 0. The van der Waals surface area contributed by atoms with Crippen LogP contribution in [0.5, 0.6) is 0 Å². The van der Waals surface area contributed by atoms with Crippen molar-refractivity contribution >= 4 is 33.5 Å². The Hall–Kier alpha value is -3.60. The average Bonchev–Trinajstić information content (AvgIpc) is 3.11. The second-order valence-electron chi connectivity index (χ2n) is 7.62. The topological polar surface area (TPSA) is 63.8 Å². The Labute approximate surface area is 181 Å². The van der Waals surface area contributed by atoms with Gasteiger partial charge in [-0.1, -0.05) is 72.7 Å². The van der Waals surface area contributed by atoms with Gasteiger partial charge in [-0.15, -0.1) is 0 Å². The molecule has 1 heterocycles. The van der Waals surface area contributed by atoms with Gasteiger partial charge in [-0.3, -0.25) is 4.79 Å². The van der Waals surface area contributed by atoms with Gasteiger partial charge in [0.05, 0.1) is 18.2 Å². The van der Waals surface area contributed by atoms with E-state index in [1.54, 1.807) is 0 Å². The largest absolute Gasteiger partial charge is 0.481 e. The summed E-state index contributed by atoms with van der Waals surface area (Å²) in [6.45, 7) is 4.92. The fraction of sp³-hybridized carbons (Fsp3) is 0.231. The van der Waals surface area contributed by atoms with E-state index < -0.39 is 11.9 Å². The molecular formula is C26H26N2O3. The summed E-state index contributed by atoms with van der Waals surface area (Å²) in [6.07, 6.45) is 0.563. The van der Waals surface area contributed by atoms with Crippen LogP contribution in [0.25, 0.3) is 21.8 Å². The zero-order chi connectivity index (χ0) is 21.8. The number of benzene rings is 3. The number of carbonyl (C=O) groups is 1. The Morgan fingerprint density at radius 1 is 0.968 bits per heavy atom. The minimum atomic E-state index is -0.797. The molecule has 0 aliphatic heterocycles. The number of aromatic nitrogens is 1. The van der Waals surface area contributed by atoms with E-state index in [1.807, 2.05) is 38.1 Å². The molecule has 0 bridgehead atoms. The fourth-order valence-electron chi connectivity index (χ4n) is 4.08. The van der Waals surface area contributed by atoms with E-state index in [-0.39, 0.29) is 0 Å². The van der Waals surface area contributed by atoms with E-state index in [9.17, 15) is 9.90 Å². The van der Waals surface area contributed by atoms with E-state index in [4.69, 9.17) is 4.84 Å². The van der Waals surface area contributed by atoms with Gasteiger partial charge >= 0.3 is 5.97 Å². The number of para-hydroxylation sites is 2. The van der Waals surface area contributed by atoms with E-state index >= 15 is 0 Å². The minimum absolute atomic E-state index is 0.453. The molecule has 5 nitrogen and oxygen atoms in total. The van der Waals surface area contributed by atoms with Crippen LogP contribution in [-0.2, 0) is 16.2 Å². The van der Waals surface area contributed by atoms with Crippen LogP contribution in [0.3, 0.4) is 0 Å². The smallest absolute Gasteiger partial charge is 0.310 e. The molecule has 1 N–H and O–H groups in total. The molecule has 1 aromatic heterocycles. The highest BCUT2D eigenvalue weighted by Gasteiger charge is 2.17. The highest BCUT2D eigenvalue weighted by atomic mass is 16.6. The van der Waals surface area contributed by atoms with Crippen LogP contribution in [0.4, 0.5) is 0 Å². The lowest BCUT2D eigenvalue weighted by Crippen LogP contribution is -2.10. The summed E-state index contributed by atoms with van der Waals surface area (Å²) in [6, 6.07) is 24.3. The Morgan fingerprint density at radius 3 is 2.10 bits per heavy atom. The van der Waals surface area contributed by atoms with Gasteiger partial charge < -0.3 is 14.5 Å². The quantitative estimate of drug-likeness (QED) is 0.225. The third-order valence-electron chi connectivity index (χ3n) is 5.72. The van der Waals surface area contributed by atoms with Crippen LogP contribution in [0.15, 0.2) is 78.0 Å². The van der Waals surface area contributed by atoms with Gasteiger partial charge in [-0.05, 0) is 36.6 Å². The molecule has 0 spiro atoms. The first-order valence-corrected chi connectivity index (χ1v) is 10.6. The van der Waals surface area contributed by atoms with Crippen LogP contribution in [-0.4, -0.2) is 28.0 Å². The van der Waals surface area contributed by atoms with Gasteiger partial charge in [0, 0.05) is 21.8 Å². The highest BCUT2D eigenvalue weighted by molar-refractivity contribution is 6.07. The molecule has 0 saturated carbocycles. The highest BCUT2D eigenvalue weighted by Crippen LogP contribution is 2.28. The summed E-state index contributed by atoms with van der Waals surface area (Å²) in [4.78, 5) is 17.0. The fourth-order valence-corrected chi connectivity index (χ4v) is 4.08. The van der Waals surface area contributed by atoms with Crippen molar-refractivity contribution < 1.29 is 14.7 Å². The van der Waals surface area contributed by atoms with Crippen molar-refractivity contribution in [2.45, 2.75) is 32.7 Å². The van der Waals surface area contributed by atoms with Crippen molar-refractivity contribution in [1.82, 2.24) is 4.57 Å². The maximum atomic E-state index is 11.3. The molecule has 0 saturated heterocycles. The van der Waals surface area contributed by atoms with Gasteiger partial charge in [-0.2, -0.15) is 0 Å². The van der Waals surface area contributed by atoms with Crippen molar-refractivity contribution in [2.24, 2.45) is 5.16 Å². The van der Waals surface area contributed by atoms with Gasteiger partial charge in [0.2, 0.25) is 0 Å². The molecule has 4 rings (SSSR count). The van der Waals surface area contributed by atoms with Crippen molar-refractivity contribution in [3.63, 3.8) is 0 Å². The van der Waals surface area contributed by atoms with Gasteiger partial charge in [0.1, 0.15) is 6.61 Å². The standard InChI is InChI=1S/C26H26N2O3/c1-3-21(26(29)30)20-14-12-19(13-15-20)18(2)27-31-17-16-28-24-10-6-4-8-22(24)23-9-5-7-11-25(23)28/h4-15,21H,3,16-17H2,1-2H3,(H,29,30)/b27-18+. The van der Waals surface area contributed by atoms with Crippen molar-refractivity contribution in [3.8, 4) is 0 Å². The zero-order valence-electron chi connectivity index (χ0n) is 17.8. The summed E-state index contributed by atoms with van der Waals surface area (Å²) in [5, 5.41) is 16.1. The summed E-state index contributed by atoms with van der Waals surface area (Å²) in [5.74, 6) is -1.28. The molecular weight excluding hydrogens is 388 g/mol. The predicted octanol–water partition coefficient (Wildman–Crippen LogP) is 5.81. The molecule has 31 heavy (non-hydrogen) atoms. The van der Waals surface area contributed by atoms with Crippen molar-refractivity contribution in [3.05, 3.63) is 83.9 Å². The monoisotopic (exact) mass is 414 g/mol. The number of rotatable bonds is 8. The maximum absolute atomic E-state index is 11.3. The number of carboxylic acid groups (broad SMARTS) is 1. The number of nitrogens with zero attached hydrogens (tertiary/aromatic N) is 2. The summed E-state index contributed by atoms with van der Waals surface area (Å²) in [5.41, 5.74) is 4.86. The Kier molecular flexibility index (Phi) is 6.03. The second-order valence-corrected chi connectivity index (χ2v) is 7.62.